The maximum atomic E-state index is 13.6. The van der Waals surface area contributed by atoms with Crippen LogP contribution < -0.4 is 0 Å². The van der Waals surface area contributed by atoms with Gasteiger partial charge in [-0.3, -0.25) is 4.79 Å². The molecule has 2 aromatic rings. The van der Waals surface area contributed by atoms with Gasteiger partial charge in [-0.15, -0.1) is 0 Å². The lowest BCUT2D eigenvalue weighted by Gasteiger charge is -2.19. The van der Waals surface area contributed by atoms with Gasteiger partial charge in [-0.1, -0.05) is 45.0 Å². The number of benzene rings is 2. The van der Waals surface area contributed by atoms with Crippen LogP contribution in [-0.4, -0.2) is 5.78 Å². The summed E-state index contributed by atoms with van der Waals surface area (Å²) in [5.41, 5.74) is 0.333. The van der Waals surface area contributed by atoms with Crippen molar-refractivity contribution in [1.29, 1.82) is 0 Å². The Morgan fingerprint density at radius 3 is 1.81 bits per heavy atom. The minimum Gasteiger partial charge on any atom is -0.288 e. The Hall–Kier alpha value is -2.10. The molecule has 0 amide bonds. The molecule has 0 aliphatic carbocycles. The Kier molecular flexibility index (Phi) is 3.90. The summed E-state index contributed by atoms with van der Waals surface area (Å²) in [7, 11) is 0. The van der Waals surface area contributed by atoms with Crippen molar-refractivity contribution in [2.24, 2.45) is 0 Å². The Morgan fingerprint density at radius 1 is 0.905 bits per heavy atom. The molecule has 0 atom stereocenters. The average molecular weight is 292 g/mol. The van der Waals surface area contributed by atoms with Gasteiger partial charge < -0.3 is 0 Å². The van der Waals surface area contributed by atoms with E-state index in [4.69, 9.17) is 0 Å². The molecule has 0 aliphatic rings. The normalized spacial score (nSPS) is 11.5. The van der Waals surface area contributed by atoms with Crippen LogP contribution >= 0.6 is 0 Å². The zero-order chi connectivity index (χ0) is 15.8. The van der Waals surface area contributed by atoms with Gasteiger partial charge in [-0.05, 0) is 11.0 Å². The fourth-order valence-corrected chi connectivity index (χ4v) is 2.03. The molecule has 110 valence electrons. The highest BCUT2D eigenvalue weighted by Crippen LogP contribution is 2.24. The first kappa shape index (κ1) is 15.3. The van der Waals surface area contributed by atoms with Gasteiger partial charge in [0.2, 0.25) is 0 Å². The first-order chi connectivity index (χ1) is 9.70. The number of carbonyl (C=O) groups excluding carboxylic acids is 1. The lowest BCUT2D eigenvalue weighted by Crippen LogP contribution is -2.12. The van der Waals surface area contributed by atoms with Gasteiger partial charge in [0.05, 0.1) is 5.56 Å². The number of rotatable bonds is 2. The summed E-state index contributed by atoms with van der Waals surface area (Å²) in [6, 6.07) is 7.52. The maximum Gasteiger partial charge on any atom is 0.198 e. The van der Waals surface area contributed by atoms with Crippen LogP contribution in [-0.2, 0) is 5.41 Å². The van der Waals surface area contributed by atoms with Crippen LogP contribution in [0.2, 0.25) is 0 Å². The highest BCUT2D eigenvalue weighted by Gasteiger charge is 2.21. The standard InChI is InChI=1S/C17H15F3O/c1-17(2,3)11-6-4-10(5-7-11)16(21)15-13(19)8-12(18)9-14(15)20/h4-9H,1-3H3. The van der Waals surface area contributed by atoms with Gasteiger partial charge in [-0.25, -0.2) is 13.2 Å². The van der Waals surface area contributed by atoms with E-state index in [-0.39, 0.29) is 11.0 Å². The van der Waals surface area contributed by atoms with Crippen molar-refractivity contribution < 1.29 is 18.0 Å². The van der Waals surface area contributed by atoms with Crippen LogP contribution in [0.1, 0.15) is 42.3 Å². The summed E-state index contributed by atoms with van der Waals surface area (Å²) in [6.45, 7) is 6.05. The van der Waals surface area contributed by atoms with Crippen molar-refractivity contribution in [3.8, 4) is 0 Å². The predicted molar refractivity (Wildman–Crippen MR) is 74.9 cm³/mol. The summed E-state index contributed by atoms with van der Waals surface area (Å²) in [5.74, 6) is -4.25. The second-order valence-corrected chi connectivity index (χ2v) is 5.90. The molecule has 0 saturated heterocycles. The summed E-state index contributed by atoms with van der Waals surface area (Å²) < 4.78 is 40.1. The molecule has 0 spiro atoms. The molecule has 2 aromatic carbocycles. The molecule has 1 nitrogen and oxygen atoms in total. The third-order valence-corrected chi connectivity index (χ3v) is 3.25. The van der Waals surface area contributed by atoms with Crippen LogP contribution in [0.15, 0.2) is 36.4 Å². The molecule has 0 aromatic heterocycles. The van der Waals surface area contributed by atoms with Gasteiger partial charge >= 0.3 is 0 Å². The molecule has 2 rings (SSSR count). The molecule has 4 heteroatoms. The van der Waals surface area contributed by atoms with E-state index < -0.39 is 28.8 Å². The monoisotopic (exact) mass is 292 g/mol. The van der Waals surface area contributed by atoms with Crippen LogP contribution in [0.3, 0.4) is 0 Å². The molecule has 0 saturated carbocycles. The minimum absolute atomic E-state index is 0.0893. The first-order valence-corrected chi connectivity index (χ1v) is 6.50. The highest BCUT2D eigenvalue weighted by molar-refractivity contribution is 6.09. The Bertz CT molecular complexity index is 659. The molecule has 0 N–H and O–H groups in total. The highest BCUT2D eigenvalue weighted by atomic mass is 19.1. The van der Waals surface area contributed by atoms with Crippen molar-refractivity contribution in [2.45, 2.75) is 26.2 Å². The second-order valence-electron chi connectivity index (χ2n) is 5.90. The summed E-state index contributed by atoms with van der Waals surface area (Å²) >= 11 is 0. The van der Waals surface area contributed by atoms with E-state index in [0.717, 1.165) is 5.56 Å². The van der Waals surface area contributed by atoms with E-state index in [1.54, 1.807) is 12.1 Å². The number of halogens is 3. The van der Waals surface area contributed by atoms with Crippen LogP contribution in [0.4, 0.5) is 13.2 Å². The smallest absolute Gasteiger partial charge is 0.198 e. The van der Waals surface area contributed by atoms with E-state index in [2.05, 4.69) is 0 Å². The minimum atomic E-state index is -1.20. The zero-order valence-corrected chi connectivity index (χ0v) is 12.0. The van der Waals surface area contributed by atoms with E-state index in [0.29, 0.717) is 12.1 Å². The Morgan fingerprint density at radius 2 is 1.38 bits per heavy atom. The van der Waals surface area contributed by atoms with Gasteiger partial charge in [-0.2, -0.15) is 0 Å². The molecule has 0 unspecified atom stereocenters. The third-order valence-electron chi connectivity index (χ3n) is 3.25. The maximum absolute atomic E-state index is 13.6. The first-order valence-electron chi connectivity index (χ1n) is 6.50. The van der Waals surface area contributed by atoms with Crippen molar-refractivity contribution in [3.63, 3.8) is 0 Å². The van der Waals surface area contributed by atoms with Gasteiger partial charge in [0.25, 0.3) is 0 Å². The van der Waals surface area contributed by atoms with Gasteiger partial charge in [0, 0.05) is 17.7 Å². The molecular weight excluding hydrogens is 277 g/mol. The number of ketones is 1. The topological polar surface area (TPSA) is 17.1 Å². The summed E-state index contributed by atoms with van der Waals surface area (Å²) in [6.07, 6.45) is 0. The Labute approximate surface area is 121 Å². The van der Waals surface area contributed by atoms with Crippen LogP contribution in [0, 0.1) is 17.5 Å². The number of hydrogen-bond acceptors (Lipinski definition) is 1. The number of carbonyl (C=O) groups is 1. The van der Waals surface area contributed by atoms with Crippen LogP contribution in [0.5, 0.6) is 0 Å². The molecule has 0 bridgehead atoms. The average Bonchev–Trinajstić information content (AvgIpc) is 2.36. The molecule has 0 heterocycles. The lowest BCUT2D eigenvalue weighted by molar-refractivity contribution is 0.103. The molecule has 0 radical (unpaired) electrons. The van der Waals surface area contributed by atoms with Gasteiger partial charge in [0.15, 0.2) is 5.78 Å². The van der Waals surface area contributed by atoms with Crippen molar-refractivity contribution in [1.82, 2.24) is 0 Å². The molecule has 21 heavy (non-hydrogen) atoms. The SMILES string of the molecule is CC(C)(C)c1ccc(C(=O)c2c(F)cc(F)cc2F)cc1. The van der Waals surface area contributed by atoms with Crippen LogP contribution in [0.25, 0.3) is 0 Å². The number of hydrogen-bond donors (Lipinski definition) is 0. The molecule has 0 aliphatic heterocycles. The third kappa shape index (κ3) is 3.15. The molecular formula is C17H15F3O. The predicted octanol–water partition coefficient (Wildman–Crippen LogP) is 4.63. The lowest BCUT2D eigenvalue weighted by atomic mass is 9.86. The summed E-state index contributed by atoms with van der Waals surface area (Å²) in [5, 5.41) is 0. The van der Waals surface area contributed by atoms with Crippen molar-refractivity contribution >= 4 is 5.78 Å². The zero-order valence-electron chi connectivity index (χ0n) is 12.0. The van der Waals surface area contributed by atoms with Crippen molar-refractivity contribution in [2.75, 3.05) is 0 Å². The second kappa shape index (κ2) is 5.35. The van der Waals surface area contributed by atoms with E-state index in [1.165, 1.54) is 12.1 Å². The molecule has 0 fully saturated rings. The summed E-state index contributed by atoms with van der Waals surface area (Å²) in [4.78, 5) is 12.2. The largest absolute Gasteiger partial charge is 0.288 e. The van der Waals surface area contributed by atoms with E-state index >= 15 is 0 Å². The van der Waals surface area contributed by atoms with E-state index in [1.807, 2.05) is 20.8 Å². The van der Waals surface area contributed by atoms with Crippen molar-refractivity contribution in [3.05, 3.63) is 70.5 Å². The van der Waals surface area contributed by atoms with E-state index in [9.17, 15) is 18.0 Å². The Balaban J connectivity index is 2.42. The fraction of sp³-hybridized carbons (Fsp3) is 0.235. The quantitative estimate of drug-likeness (QED) is 0.737. The van der Waals surface area contributed by atoms with Gasteiger partial charge in [0.1, 0.15) is 17.5 Å². The fourth-order valence-electron chi connectivity index (χ4n) is 2.03.